The van der Waals surface area contributed by atoms with Crippen LogP contribution in [-0.4, -0.2) is 29.0 Å². The minimum Gasteiger partial charge on any atom is -0.454 e. The second kappa shape index (κ2) is 6.96. The highest BCUT2D eigenvalue weighted by molar-refractivity contribution is 5.79. The third-order valence-corrected chi connectivity index (χ3v) is 3.92. The highest BCUT2D eigenvalue weighted by atomic mass is 16.7. The number of ether oxygens (including phenoxy) is 2. The summed E-state index contributed by atoms with van der Waals surface area (Å²) in [5.74, 6) is 1.42. The number of rotatable bonds is 5. The number of carbonyl (C=O) groups is 1. The van der Waals surface area contributed by atoms with Crippen LogP contribution >= 0.6 is 0 Å². The van der Waals surface area contributed by atoms with E-state index in [9.17, 15) is 9.59 Å². The van der Waals surface area contributed by atoms with Gasteiger partial charge in [-0.1, -0.05) is 13.8 Å². The Morgan fingerprint density at radius 3 is 2.72 bits per heavy atom. The van der Waals surface area contributed by atoms with Gasteiger partial charge in [-0.25, -0.2) is 4.68 Å². The summed E-state index contributed by atoms with van der Waals surface area (Å²) in [6.45, 7) is 6.43. The van der Waals surface area contributed by atoms with Gasteiger partial charge < -0.3 is 14.8 Å². The molecule has 0 saturated heterocycles. The second-order valence-electron chi connectivity index (χ2n) is 6.38. The van der Waals surface area contributed by atoms with E-state index in [0.29, 0.717) is 29.7 Å². The summed E-state index contributed by atoms with van der Waals surface area (Å²) >= 11 is 0. The Morgan fingerprint density at radius 1 is 1.20 bits per heavy atom. The third kappa shape index (κ3) is 3.65. The molecule has 25 heavy (non-hydrogen) atoms. The number of carbonyl (C=O) groups excluding carboxylic acids is 1. The van der Waals surface area contributed by atoms with Crippen LogP contribution < -0.4 is 20.3 Å². The molecule has 0 bridgehead atoms. The first kappa shape index (κ1) is 17.0. The Balaban J connectivity index is 1.88. The molecule has 3 rings (SSSR count). The molecular weight excluding hydrogens is 322 g/mol. The number of nitrogens with zero attached hydrogens (tertiary/aromatic N) is 2. The van der Waals surface area contributed by atoms with Gasteiger partial charge in [0, 0.05) is 18.2 Å². The van der Waals surface area contributed by atoms with Crippen molar-refractivity contribution in [1.82, 2.24) is 15.1 Å². The molecule has 0 saturated carbocycles. The van der Waals surface area contributed by atoms with Gasteiger partial charge in [0.25, 0.3) is 5.56 Å². The van der Waals surface area contributed by atoms with E-state index in [1.54, 1.807) is 19.1 Å². The Morgan fingerprint density at radius 2 is 1.96 bits per heavy atom. The molecule has 7 heteroatoms. The summed E-state index contributed by atoms with van der Waals surface area (Å²) in [6.07, 6.45) is 0. The Kier molecular flexibility index (Phi) is 4.74. The molecule has 1 aromatic heterocycles. The lowest BCUT2D eigenvalue weighted by molar-refractivity contribution is -0.124. The molecule has 2 heterocycles. The van der Waals surface area contributed by atoms with Gasteiger partial charge in [-0.15, -0.1) is 0 Å². The zero-order valence-electron chi connectivity index (χ0n) is 14.5. The van der Waals surface area contributed by atoms with Gasteiger partial charge >= 0.3 is 0 Å². The van der Waals surface area contributed by atoms with Crippen molar-refractivity contribution in [3.63, 3.8) is 0 Å². The van der Waals surface area contributed by atoms with Crippen molar-refractivity contribution in [2.75, 3.05) is 13.3 Å². The maximum atomic E-state index is 12.3. The van der Waals surface area contributed by atoms with E-state index in [-0.39, 0.29) is 18.3 Å². The Hall–Kier alpha value is -2.83. The molecule has 1 N–H and O–H groups in total. The van der Waals surface area contributed by atoms with Crippen LogP contribution in [0.15, 0.2) is 35.1 Å². The Labute approximate surface area is 145 Å². The van der Waals surface area contributed by atoms with Crippen molar-refractivity contribution in [2.24, 2.45) is 5.92 Å². The zero-order valence-corrected chi connectivity index (χ0v) is 14.5. The first-order valence-corrected chi connectivity index (χ1v) is 8.23. The molecular formula is C18H21N3O4. The number of benzene rings is 1. The molecule has 1 aromatic carbocycles. The molecule has 1 atom stereocenters. The molecule has 132 valence electrons. The number of nitrogens with one attached hydrogen (secondary N) is 1. The summed E-state index contributed by atoms with van der Waals surface area (Å²) < 4.78 is 11.9. The van der Waals surface area contributed by atoms with Crippen molar-refractivity contribution < 1.29 is 14.3 Å². The quantitative estimate of drug-likeness (QED) is 0.897. The lowest BCUT2D eigenvalue weighted by Gasteiger charge is -2.16. The predicted octanol–water partition coefficient (Wildman–Crippen LogP) is 1.97. The average Bonchev–Trinajstić information content (AvgIpc) is 3.07. The second-order valence-corrected chi connectivity index (χ2v) is 6.38. The van der Waals surface area contributed by atoms with Crippen molar-refractivity contribution >= 4 is 5.91 Å². The fourth-order valence-electron chi connectivity index (χ4n) is 2.48. The van der Waals surface area contributed by atoms with E-state index < -0.39 is 6.04 Å². The topological polar surface area (TPSA) is 82.5 Å². The minimum atomic E-state index is -0.694. The number of amides is 1. The predicted molar refractivity (Wildman–Crippen MR) is 92.6 cm³/mol. The van der Waals surface area contributed by atoms with Crippen molar-refractivity contribution in [3.05, 3.63) is 40.7 Å². The smallest absolute Gasteiger partial charge is 0.267 e. The van der Waals surface area contributed by atoms with E-state index in [1.807, 2.05) is 26.0 Å². The number of hydrogen-bond donors (Lipinski definition) is 1. The molecule has 7 nitrogen and oxygen atoms in total. The first-order valence-electron chi connectivity index (χ1n) is 8.23. The van der Waals surface area contributed by atoms with E-state index in [1.165, 1.54) is 10.7 Å². The monoisotopic (exact) mass is 343 g/mol. The molecule has 2 aromatic rings. The fraction of sp³-hybridized carbons (Fsp3) is 0.389. The molecule has 0 radical (unpaired) electrons. The van der Waals surface area contributed by atoms with Gasteiger partial charge in [0.15, 0.2) is 11.5 Å². The highest BCUT2D eigenvalue weighted by Crippen LogP contribution is 2.35. The summed E-state index contributed by atoms with van der Waals surface area (Å²) in [5, 5.41) is 7.19. The van der Waals surface area contributed by atoms with Crippen LogP contribution in [0.25, 0.3) is 11.3 Å². The Bertz CT molecular complexity index is 844. The molecule has 0 aliphatic carbocycles. The summed E-state index contributed by atoms with van der Waals surface area (Å²) in [5.41, 5.74) is 1.05. The zero-order chi connectivity index (χ0) is 18.0. The van der Waals surface area contributed by atoms with E-state index in [2.05, 4.69) is 10.4 Å². The van der Waals surface area contributed by atoms with Crippen LogP contribution in [0.2, 0.25) is 0 Å². The van der Waals surface area contributed by atoms with Crippen LogP contribution in [0.3, 0.4) is 0 Å². The molecule has 1 aliphatic rings. The third-order valence-electron chi connectivity index (χ3n) is 3.92. The lowest BCUT2D eigenvalue weighted by atomic mass is 10.1. The van der Waals surface area contributed by atoms with Crippen LogP contribution in [0.5, 0.6) is 11.5 Å². The number of hydrogen-bond acceptors (Lipinski definition) is 5. The van der Waals surface area contributed by atoms with Gasteiger partial charge in [-0.05, 0) is 37.1 Å². The molecule has 1 aliphatic heterocycles. The van der Waals surface area contributed by atoms with Crippen LogP contribution in [0.4, 0.5) is 0 Å². The first-order chi connectivity index (χ1) is 12.0. The van der Waals surface area contributed by atoms with Gasteiger partial charge in [0.2, 0.25) is 12.7 Å². The summed E-state index contributed by atoms with van der Waals surface area (Å²) in [4.78, 5) is 24.4. The fourth-order valence-corrected chi connectivity index (χ4v) is 2.48. The minimum absolute atomic E-state index is 0.193. The van der Waals surface area contributed by atoms with E-state index in [0.717, 1.165) is 5.56 Å². The normalized spacial score (nSPS) is 13.8. The lowest BCUT2D eigenvalue weighted by Crippen LogP contribution is -2.38. The van der Waals surface area contributed by atoms with Crippen molar-refractivity contribution in [2.45, 2.75) is 26.8 Å². The molecule has 0 fully saturated rings. The summed E-state index contributed by atoms with van der Waals surface area (Å²) in [6, 6.07) is 7.80. The van der Waals surface area contributed by atoms with Crippen molar-refractivity contribution in [1.29, 1.82) is 0 Å². The number of fused-ring (bicyclic) bond motifs is 1. The maximum Gasteiger partial charge on any atom is 0.267 e. The van der Waals surface area contributed by atoms with Gasteiger partial charge in [0.1, 0.15) is 6.04 Å². The highest BCUT2D eigenvalue weighted by Gasteiger charge is 2.19. The molecule has 1 unspecified atom stereocenters. The molecule has 0 spiro atoms. The summed E-state index contributed by atoms with van der Waals surface area (Å²) in [7, 11) is 0. The SMILES string of the molecule is CC(C)CNC(=O)C(C)n1nc(-c2ccc3c(c2)OCO3)ccc1=O. The van der Waals surface area contributed by atoms with Gasteiger partial charge in [-0.2, -0.15) is 5.10 Å². The maximum absolute atomic E-state index is 12.3. The molecule has 1 amide bonds. The van der Waals surface area contributed by atoms with E-state index >= 15 is 0 Å². The largest absolute Gasteiger partial charge is 0.454 e. The van der Waals surface area contributed by atoms with Crippen LogP contribution in [-0.2, 0) is 4.79 Å². The van der Waals surface area contributed by atoms with Crippen LogP contribution in [0, 0.1) is 5.92 Å². The van der Waals surface area contributed by atoms with Crippen molar-refractivity contribution in [3.8, 4) is 22.8 Å². The van der Waals surface area contributed by atoms with Crippen LogP contribution in [0.1, 0.15) is 26.8 Å². The van der Waals surface area contributed by atoms with E-state index in [4.69, 9.17) is 9.47 Å². The van der Waals surface area contributed by atoms with Gasteiger partial charge in [-0.3, -0.25) is 9.59 Å². The number of aromatic nitrogens is 2. The van der Waals surface area contributed by atoms with Gasteiger partial charge in [0.05, 0.1) is 5.69 Å². The average molecular weight is 343 g/mol. The standard InChI is InChI=1S/C18H21N3O4/c1-11(2)9-19-18(23)12(3)21-17(22)7-5-14(20-21)13-4-6-15-16(8-13)25-10-24-15/h4-8,11-12H,9-10H2,1-3H3,(H,19,23).